The van der Waals surface area contributed by atoms with Crippen LogP contribution in [0, 0.1) is 6.92 Å². The van der Waals surface area contributed by atoms with E-state index in [0.717, 1.165) is 12.0 Å². The van der Waals surface area contributed by atoms with E-state index in [1.54, 1.807) is 0 Å². The zero-order chi connectivity index (χ0) is 21.5. The van der Waals surface area contributed by atoms with Crippen LogP contribution in [-0.4, -0.2) is 0 Å². The van der Waals surface area contributed by atoms with Gasteiger partial charge in [0.25, 0.3) is 0 Å². The van der Waals surface area contributed by atoms with Gasteiger partial charge in [0.05, 0.1) is 0 Å². The molecule has 1 aromatic heterocycles. The first-order valence-electron chi connectivity index (χ1n) is 11.2. The summed E-state index contributed by atoms with van der Waals surface area (Å²) in [4.78, 5) is 0. The predicted molar refractivity (Wildman–Crippen MR) is 127 cm³/mol. The number of rotatable bonds is 2. The highest BCUT2D eigenvalue weighted by Crippen LogP contribution is 2.46. The summed E-state index contributed by atoms with van der Waals surface area (Å²) in [5.41, 5.74) is 7.74. The van der Waals surface area contributed by atoms with Gasteiger partial charge in [-0.2, -0.15) is 0 Å². The van der Waals surface area contributed by atoms with E-state index in [1.165, 1.54) is 60.3 Å². The molecule has 4 aromatic carbocycles. The number of aryl methyl sites for hydroxylation is 1. The number of nitrogens with zero attached hydrogens (tertiary/aromatic N) is 1. The molecule has 0 spiro atoms. The summed E-state index contributed by atoms with van der Waals surface area (Å²) in [6.07, 6.45) is 3.09. The van der Waals surface area contributed by atoms with Crippen molar-refractivity contribution in [2.24, 2.45) is 7.05 Å². The molecule has 1 heteroatoms. The number of pyridine rings is 1. The molecule has 0 bridgehead atoms. The molecule has 30 heavy (non-hydrogen) atoms. The second kappa shape index (κ2) is 6.15. The van der Waals surface area contributed by atoms with Crippen LogP contribution in [0.2, 0.25) is 0 Å². The van der Waals surface area contributed by atoms with Crippen molar-refractivity contribution in [3.63, 3.8) is 0 Å². The molecule has 0 fully saturated rings. The number of benzene rings is 4. The quantitative estimate of drug-likeness (QED) is 0.222. The topological polar surface area (TPSA) is 3.88 Å². The number of hydrogen-bond acceptors (Lipinski definition) is 0. The van der Waals surface area contributed by atoms with Crippen molar-refractivity contribution in [1.82, 2.24) is 0 Å². The first kappa shape index (κ1) is 16.6. The molecule has 0 amide bonds. The molecular formula is C29H26N+. The third kappa shape index (κ3) is 2.26. The molecule has 0 saturated heterocycles. The highest BCUT2D eigenvalue weighted by Gasteiger charge is 2.25. The zero-order valence-electron chi connectivity index (χ0n) is 19.0. The smallest absolute Gasteiger partial charge is 0.201 e. The summed E-state index contributed by atoms with van der Waals surface area (Å²) in [6.45, 7) is 6.19. The summed E-state index contributed by atoms with van der Waals surface area (Å²) in [6, 6.07) is 22.3. The van der Waals surface area contributed by atoms with Crippen LogP contribution in [0.3, 0.4) is 0 Å². The molecule has 1 aliphatic rings. The Balaban J connectivity index is 1.78. The summed E-state index contributed by atoms with van der Waals surface area (Å²) >= 11 is 0. The van der Waals surface area contributed by atoms with E-state index in [-0.39, 0.29) is 0 Å². The lowest BCUT2D eigenvalue weighted by Crippen LogP contribution is -2.31. The van der Waals surface area contributed by atoms with Gasteiger partial charge >= 0.3 is 0 Å². The Labute approximate surface area is 179 Å². The molecule has 0 saturated carbocycles. The van der Waals surface area contributed by atoms with Crippen LogP contribution in [0.5, 0.6) is 0 Å². The largest absolute Gasteiger partial charge is 0.212 e. The summed E-state index contributed by atoms with van der Waals surface area (Å²) < 4.78 is 10.7. The third-order valence-electron chi connectivity index (χ3n) is 7.00. The van der Waals surface area contributed by atoms with Crippen molar-refractivity contribution in [2.75, 3.05) is 0 Å². The Kier molecular flexibility index (Phi) is 3.40. The molecule has 5 aromatic rings. The van der Waals surface area contributed by atoms with E-state index in [2.05, 4.69) is 85.4 Å². The lowest BCUT2D eigenvalue weighted by Gasteiger charge is -2.15. The SMILES string of the molecule is [2H]C(C)(C)c1cc[n+](C)c(-c2cc3c4ccccc4c4cccc5c4c3c(c2C)C5)c1. The van der Waals surface area contributed by atoms with E-state index >= 15 is 0 Å². The normalized spacial score (nSPS) is 13.7. The molecule has 6 rings (SSSR count). The molecule has 146 valence electrons. The fourth-order valence-corrected chi connectivity index (χ4v) is 5.38. The standard InChI is InChI=1S/C29H26N/c1-17(2)19-12-13-30(4)27(15-19)24-16-26-22-10-6-5-9-21(22)23-11-7-8-20-14-25(18(24)3)29(26)28(20)23/h5-13,15-17H,14H2,1-4H3/q+1/i17D. The fourth-order valence-electron chi connectivity index (χ4n) is 5.38. The van der Waals surface area contributed by atoms with Gasteiger partial charge in [-0.25, -0.2) is 4.57 Å². The van der Waals surface area contributed by atoms with E-state index in [1.807, 2.05) is 13.8 Å². The van der Waals surface area contributed by atoms with E-state index < -0.39 is 5.89 Å². The minimum atomic E-state index is -0.625. The second-order valence-electron chi connectivity index (χ2n) is 8.92. The molecular weight excluding hydrogens is 362 g/mol. The van der Waals surface area contributed by atoms with Gasteiger partial charge in [-0.1, -0.05) is 56.3 Å². The van der Waals surface area contributed by atoms with Crippen LogP contribution in [0.25, 0.3) is 43.6 Å². The average Bonchev–Trinajstić information content (AvgIpc) is 3.14. The minimum absolute atomic E-state index is 0.625. The Morgan fingerprint density at radius 1 is 0.867 bits per heavy atom. The average molecular weight is 390 g/mol. The molecule has 0 unspecified atom stereocenters. The lowest BCUT2D eigenvalue weighted by molar-refractivity contribution is -0.660. The van der Waals surface area contributed by atoms with Gasteiger partial charge in [0.15, 0.2) is 6.20 Å². The number of hydrogen-bond donors (Lipinski definition) is 0. The maximum absolute atomic E-state index is 8.54. The van der Waals surface area contributed by atoms with Gasteiger partial charge in [-0.05, 0) is 79.9 Å². The van der Waals surface area contributed by atoms with Gasteiger partial charge in [0, 0.05) is 19.1 Å². The Morgan fingerprint density at radius 2 is 1.60 bits per heavy atom. The highest BCUT2D eigenvalue weighted by molar-refractivity contribution is 6.29. The van der Waals surface area contributed by atoms with E-state index in [9.17, 15) is 0 Å². The van der Waals surface area contributed by atoms with Crippen LogP contribution >= 0.6 is 0 Å². The van der Waals surface area contributed by atoms with Crippen LogP contribution in [0.1, 0.15) is 43.4 Å². The van der Waals surface area contributed by atoms with Crippen LogP contribution in [0.4, 0.5) is 0 Å². The van der Waals surface area contributed by atoms with Gasteiger partial charge in [0.2, 0.25) is 5.69 Å². The highest BCUT2D eigenvalue weighted by atomic mass is 14.9. The van der Waals surface area contributed by atoms with Gasteiger partial charge in [0.1, 0.15) is 7.05 Å². The van der Waals surface area contributed by atoms with Crippen LogP contribution in [-0.2, 0) is 13.5 Å². The van der Waals surface area contributed by atoms with Crippen LogP contribution in [0.15, 0.2) is 66.9 Å². The van der Waals surface area contributed by atoms with Crippen molar-refractivity contribution >= 4 is 32.3 Å². The molecule has 0 atom stereocenters. The number of fused-ring (bicyclic) bond motifs is 3. The number of aromatic nitrogens is 1. The van der Waals surface area contributed by atoms with Gasteiger partial charge in [-0.3, -0.25) is 0 Å². The third-order valence-corrected chi connectivity index (χ3v) is 7.00. The predicted octanol–water partition coefficient (Wildman–Crippen LogP) is 6.97. The van der Waals surface area contributed by atoms with Gasteiger partial charge < -0.3 is 0 Å². The van der Waals surface area contributed by atoms with Crippen molar-refractivity contribution in [3.8, 4) is 11.3 Å². The zero-order valence-corrected chi connectivity index (χ0v) is 18.0. The first-order valence-corrected chi connectivity index (χ1v) is 10.7. The van der Waals surface area contributed by atoms with Crippen molar-refractivity contribution in [3.05, 3.63) is 89.1 Å². The maximum atomic E-state index is 8.54. The van der Waals surface area contributed by atoms with Crippen LogP contribution < -0.4 is 4.57 Å². The van der Waals surface area contributed by atoms with Crippen molar-refractivity contribution in [1.29, 1.82) is 0 Å². The van der Waals surface area contributed by atoms with Crippen molar-refractivity contribution < 1.29 is 5.94 Å². The first-order chi connectivity index (χ1) is 14.8. The Morgan fingerprint density at radius 3 is 2.37 bits per heavy atom. The lowest BCUT2D eigenvalue weighted by atomic mass is 9.89. The molecule has 1 heterocycles. The summed E-state index contributed by atoms with van der Waals surface area (Å²) in [7, 11) is 2.11. The molecule has 1 aliphatic carbocycles. The van der Waals surface area contributed by atoms with E-state index in [4.69, 9.17) is 1.37 Å². The maximum Gasteiger partial charge on any atom is 0.212 e. The fraction of sp³-hybridized carbons (Fsp3) is 0.207. The summed E-state index contributed by atoms with van der Waals surface area (Å²) in [5.74, 6) is -0.625. The Hall–Kier alpha value is -3.19. The molecule has 0 N–H and O–H groups in total. The molecule has 0 radical (unpaired) electrons. The second-order valence-corrected chi connectivity index (χ2v) is 8.92. The summed E-state index contributed by atoms with van der Waals surface area (Å²) in [5, 5.41) is 8.25. The molecule has 0 aliphatic heterocycles. The minimum Gasteiger partial charge on any atom is -0.201 e. The van der Waals surface area contributed by atoms with Gasteiger partial charge in [-0.15, -0.1) is 0 Å². The Bertz CT molecular complexity index is 1550. The monoisotopic (exact) mass is 389 g/mol. The van der Waals surface area contributed by atoms with Crippen molar-refractivity contribution in [2.45, 2.75) is 33.1 Å². The molecule has 1 nitrogen and oxygen atoms in total. The van der Waals surface area contributed by atoms with E-state index in [0.29, 0.717) is 0 Å².